The molecule has 1 aliphatic heterocycles. The van der Waals surface area contributed by atoms with E-state index in [1.54, 1.807) is 18.1 Å². The number of carbonyl (C=O) groups excluding carboxylic acids is 2. The number of nitrogens with zero attached hydrogens (tertiary/aromatic N) is 1. The second-order valence-corrected chi connectivity index (χ2v) is 5.33. The Balaban J connectivity index is 2.11. The summed E-state index contributed by atoms with van der Waals surface area (Å²) in [6.45, 7) is 0.986. The van der Waals surface area contributed by atoms with Crippen LogP contribution in [0.15, 0.2) is 24.3 Å². The molecular formula is C15H19N3O4S. The molecule has 0 aromatic heterocycles. The molecule has 2 N–H and O–H groups in total. The summed E-state index contributed by atoms with van der Waals surface area (Å²) < 4.78 is 9.82. The van der Waals surface area contributed by atoms with Crippen molar-refractivity contribution in [2.45, 2.75) is 12.5 Å². The van der Waals surface area contributed by atoms with Crippen molar-refractivity contribution in [3.8, 4) is 5.75 Å². The molecule has 1 aromatic rings. The van der Waals surface area contributed by atoms with Gasteiger partial charge in [-0.2, -0.15) is 0 Å². The monoisotopic (exact) mass is 337 g/mol. The lowest BCUT2D eigenvalue weighted by Crippen LogP contribution is -2.58. The van der Waals surface area contributed by atoms with Crippen molar-refractivity contribution in [1.82, 2.24) is 10.2 Å². The summed E-state index contributed by atoms with van der Waals surface area (Å²) >= 11 is 5.40. The van der Waals surface area contributed by atoms with Crippen molar-refractivity contribution < 1.29 is 19.1 Å². The molecule has 0 unspecified atom stereocenters. The van der Waals surface area contributed by atoms with Gasteiger partial charge in [-0.3, -0.25) is 9.59 Å². The maximum absolute atomic E-state index is 12.0. The van der Waals surface area contributed by atoms with Gasteiger partial charge in [0.25, 0.3) is 0 Å². The lowest BCUT2D eigenvalue weighted by molar-refractivity contribution is -0.144. The molecule has 1 heterocycles. The summed E-state index contributed by atoms with van der Waals surface area (Å²) in [7, 11) is 2.87. The predicted molar refractivity (Wildman–Crippen MR) is 89.4 cm³/mol. The minimum Gasteiger partial charge on any atom is -0.497 e. The fourth-order valence-electron chi connectivity index (χ4n) is 2.30. The minimum atomic E-state index is -0.679. The van der Waals surface area contributed by atoms with Crippen LogP contribution in [0.2, 0.25) is 0 Å². The summed E-state index contributed by atoms with van der Waals surface area (Å²) in [5, 5.41) is 6.18. The Bertz CT molecular complexity index is 608. The highest BCUT2D eigenvalue weighted by Crippen LogP contribution is 2.18. The zero-order valence-corrected chi connectivity index (χ0v) is 13.8. The van der Waals surface area contributed by atoms with Crippen molar-refractivity contribution >= 4 is 34.9 Å². The van der Waals surface area contributed by atoms with E-state index in [9.17, 15) is 9.59 Å². The first kappa shape index (κ1) is 17.0. The number of amides is 1. The van der Waals surface area contributed by atoms with E-state index in [1.165, 1.54) is 7.11 Å². The molecule has 1 atom stereocenters. The second-order valence-electron chi connectivity index (χ2n) is 4.94. The molecule has 1 fully saturated rings. The third kappa shape index (κ3) is 4.32. The number of anilines is 1. The van der Waals surface area contributed by atoms with Crippen LogP contribution < -0.4 is 15.4 Å². The third-order valence-corrected chi connectivity index (χ3v) is 3.84. The fourth-order valence-corrected chi connectivity index (χ4v) is 2.63. The van der Waals surface area contributed by atoms with E-state index in [1.807, 2.05) is 18.2 Å². The number of hydrogen-bond donors (Lipinski definition) is 2. The number of benzene rings is 1. The molecule has 0 aliphatic carbocycles. The Morgan fingerprint density at radius 2 is 2.26 bits per heavy atom. The number of rotatable bonds is 4. The maximum Gasteiger partial charge on any atom is 0.308 e. The molecule has 1 saturated heterocycles. The van der Waals surface area contributed by atoms with E-state index < -0.39 is 12.0 Å². The Morgan fingerprint density at radius 3 is 2.96 bits per heavy atom. The molecule has 124 valence electrons. The number of carbonyl (C=O) groups is 2. The van der Waals surface area contributed by atoms with Crippen molar-refractivity contribution in [3.05, 3.63) is 24.3 Å². The van der Waals surface area contributed by atoms with Crippen LogP contribution in [0.5, 0.6) is 5.75 Å². The minimum absolute atomic E-state index is 0.0533. The van der Waals surface area contributed by atoms with Crippen LogP contribution in [0.1, 0.15) is 6.42 Å². The standard InChI is InChI=1S/C15H19N3O4S/c1-21-11-5-3-4-10(8-11)17-15(23)18-7-6-16-14(20)12(18)9-13(19)22-2/h3-5,8,12H,6-7,9H2,1-2H3,(H,16,20)(H,17,23)/t12-/m1/s1. The number of nitrogens with one attached hydrogen (secondary N) is 2. The molecule has 0 spiro atoms. The van der Waals surface area contributed by atoms with Gasteiger partial charge in [-0.15, -0.1) is 0 Å². The molecule has 1 aliphatic rings. The van der Waals surface area contributed by atoms with Gasteiger partial charge in [0.05, 0.1) is 20.6 Å². The van der Waals surface area contributed by atoms with Crippen molar-refractivity contribution in [3.63, 3.8) is 0 Å². The van der Waals surface area contributed by atoms with E-state index in [2.05, 4.69) is 15.4 Å². The maximum atomic E-state index is 12.0. The van der Waals surface area contributed by atoms with Crippen LogP contribution in [0.3, 0.4) is 0 Å². The molecule has 1 amide bonds. The Hall–Kier alpha value is -2.35. The highest BCUT2D eigenvalue weighted by Gasteiger charge is 2.33. The van der Waals surface area contributed by atoms with Crippen LogP contribution >= 0.6 is 12.2 Å². The van der Waals surface area contributed by atoms with Crippen LogP contribution in [-0.2, 0) is 14.3 Å². The highest BCUT2D eigenvalue weighted by atomic mass is 32.1. The zero-order valence-electron chi connectivity index (χ0n) is 13.0. The van der Waals surface area contributed by atoms with Gasteiger partial charge in [-0.1, -0.05) is 6.07 Å². The van der Waals surface area contributed by atoms with Gasteiger partial charge >= 0.3 is 5.97 Å². The van der Waals surface area contributed by atoms with Gasteiger partial charge in [-0.05, 0) is 24.4 Å². The van der Waals surface area contributed by atoms with Crippen molar-refractivity contribution in [1.29, 1.82) is 0 Å². The number of ether oxygens (including phenoxy) is 2. The summed E-state index contributed by atoms with van der Waals surface area (Å²) in [4.78, 5) is 25.3. The van der Waals surface area contributed by atoms with E-state index in [0.29, 0.717) is 24.0 Å². The van der Waals surface area contributed by atoms with Gasteiger partial charge in [0.2, 0.25) is 5.91 Å². The zero-order chi connectivity index (χ0) is 16.8. The average molecular weight is 337 g/mol. The Kier molecular flexibility index (Phi) is 5.75. The van der Waals surface area contributed by atoms with Gasteiger partial charge in [0.1, 0.15) is 11.8 Å². The Morgan fingerprint density at radius 1 is 1.48 bits per heavy atom. The molecule has 0 bridgehead atoms. The first-order valence-corrected chi connectivity index (χ1v) is 7.52. The summed E-state index contributed by atoms with van der Waals surface area (Å²) in [5.41, 5.74) is 0.747. The van der Waals surface area contributed by atoms with E-state index in [4.69, 9.17) is 17.0 Å². The first-order valence-electron chi connectivity index (χ1n) is 7.11. The van der Waals surface area contributed by atoms with E-state index >= 15 is 0 Å². The predicted octanol–water partition coefficient (Wildman–Crippen LogP) is 0.756. The first-order chi connectivity index (χ1) is 11.0. The number of esters is 1. The van der Waals surface area contributed by atoms with Crippen LogP contribution in [0, 0.1) is 0 Å². The molecule has 8 heteroatoms. The van der Waals surface area contributed by atoms with Crippen molar-refractivity contribution in [2.24, 2.45) is 0 Å². The number of methoxy groups -OCH3 is 2. The number of piperazine rings is 1. The molecule has 0 radical (unpaired) electrons. The molecule has 0 saturated carbocycles. The number of thiocarbonyl (C=S) groups is 1. The average Bonchev–Trinajstić information content (AvgIpc) is 2.56. The topological polar surface area (TPSA) is 79.9 Å². The second kappa shape index (κ2) is 7.77. The largest absolute Gasteiger partial charge is 0.497 e. The van der Waals surface area contributed by atoms with Gasteiger partial charge in [0, 0.05) is 24.8 Å². The fraction of sp³-hybridized carbons (Fsp3) is 0.400. The van der Waals surface area contributed by atoms with Crippen molar-refractivity contribution in [2.75, 3.05) is 32.6 Å². The molecule has 23 heavy (non-hydrogen) atoms. The number of hydrogen-bond acceptors (Lipinski definition) is 5. The third-order valence-electron chi connectivity index (χ3n) is 3.50. The normalized spacial score (nSPS) is 17.2. The van der Waals surface area contributed by atoms with Gasteiger partial charge in [-0.25, -0.2) is 0 Å². The molecule has 7 nitrogen and oxygen atoms in total. The van der Waals surface area contributed by atoms with Crippen LogP contribution in [0.25, 0.3) is 0 Å². The molecule has 2 rings (SSSR count). The summed E-state index contributed by atoms with van der Waals surface area (Å²) in [6.07, 6.45) is -0.0533. The lowest BCUT2D eigenvalue weighted by Gasteiger charge is -2.36. The van der Waals surface area contributed by atoms with Gasteiger partial charge in [0.15, 0.2) is 5.11 Å². The quantitative estimate of drug-likeness (QED) is 0.620. The Labute approximate surface area is 139 Å². The molecular weight excluding hydrogens is 318 g/mol. The molecule has 1 aromatic carbocycles. The lowest BCUT2D eigenvalue weighted by atomic mass is 10.1. The van der Waals surface area contributed by atoms with E-state index in [0.717, 1.165) is 5.69 Å². The highest BCUT2D eigenvalue weighted by molar-refractivity contribution is 7.80. The SMILES string of the molecule is COC(=O)C[C@@H]1C(=O)NCCN1C(=S)Nc1cccc(OC)c1. The van der Waals surface area contributed by atoms with Gasteiger partial charge < -0.3 is 25.0 Å². The van der Waals surface area contributed by atoms with Crippen LogP contribution in [-0.4, -0.2) is 55.2 Å². The van der Waals surface area contributed by atoms with Crippen LogP contribution in [0.4, 0.5) is 5.69 Å². The van der Waals surface area contributed by atoms with E-state index in [-0.39, 0.29) is 12.3 Å². The summed E-state index contributed by atoms with van der Waals surface area (Å²) in [5.74, 6) is -0.00188. The summed E-state index contributed by atoms with van der Waals surface area (Å²) in [6, 6.07) is 6.61. The smallest absolute Gasteiger partial charge is 0.308 e.